The lowest BCUT2D eigenvalue weighted by atomic mass is 10.1. The van der Waals surface area contributed by atoms with Crippen molar-refractivity contribution in [2.75, 3.05) is 0 Å². The van der Waals surface area contributed by atoms with Gasteiger partial charge in [0.15, 0.2) is 5.78 Å². The number of aromatic hydroxyl groups is 1. The number of rotatable bonds is 4. The first kappa shape index (κ1) is 13.8. The molecule has 2 aromatic carbocycles. The fraction of sp³-hybridized carbons (Fsp3) is 0.0556. The zero-order valence-corrected chi connectivity index (χ0v) is 11.3. The van der Waals surface area contributed by atoms with E-state index in [1.807, 2.05) is 43.3 Å². The zero-order valence-electron chi connectivity index (χ0n) is 11.3. The number of carbonyl (C=O) groups excluding carboxylic acids is 1. The molecule has 2 heteroatoms. The summed E-state index contributed by atoms with van der Waals surface area (Å²) in [6, 6.07) is 14.8. The first-order valence-corrected chi connectivity index (χ1v) is 6.40. The maximum Gasteiger partial charge on any atom is 0.189 e. The zero-order chi connectivity index (χ0) is 14.4. The Bertz CT molecular complexity index is 652. The molecule has 0 fully saturated rings. The molecule has 0 aromatic heterocycles. The van der Waals surface area contributed by atoms with Crippen molar-refractivity contribution in [1.29, 1.82) is 0 Å². The van der Waals surface area contributed by atoms with E-state index in [4.69, 9.17) is 0 Å². The van der Waals surface area contributed by atoms with Crippen LogP contribution in [0.4, 0.5) is 0 Å². The van der Waals surface area contributed by atoms with Crippen molar-refractivity contribution in [1.82, 2.24) is 0 Å². The molecule has 100 valence electrons. The van der Waals surface area contributed by atoms with Gasteiger partial charge in [0.2, 0.25) is 0 Å². The molecular weight excluding hydrogens is 248 g/mol. The molecule has 0 saturated carbocycles. The van der Waals surface area contributed by atoms with Crippen molar-refractivity contribution >= 4 is 11.9 Å². The number of benzene rings is 2. The van der Waals surface area contributed by atoms with Crippen molar-refractivity contribution in [2.45, 2.75) is 6.92 Å². The standard InChI is InChI=1S/C18H16O2/c1-14-11-12-18(20)16(13-14)17(19)10-6-5-9-15-7-3-2-4-8-15/h2-13,20H,1H3. The third-order valence-corrected chi connectivity index (χ3v) is 2.86. The number of hydrogen-bond donors (Lipinski definition) is 1. The van der Waals surface area contributed by atoms with Gasteiger partial charge in [0, 0.05) is 0 Å². The number of aryl methyl sites for hydroxylation is 1. The lowest BCUT2D eigenvalue weighted by Crippen LogP contribution is -1.95. The van der Waals surface area contributed by atoms with Crippen molar-refractivity contribution < 1.29 is 9.90 Å². The van der Waals surface area contributed by atoms with Gasteiger partial charge in [-0.3, -0.25) is 4.79 Å². The average molecular weight is 264 g/mol. The van der Waals surface area contributed by atoms with Gasteiger partial charge in [0.05, 0.1) is 5.56 Å². The molecular formula is C18H16O2. The summed E-state index contributed by atoms with van der Waals surface area (Å²) in [5.41, 5.74) is 2.34. The predicted octanol–water partition coefficient (Wildman–Crippen LogP) is 4.15. The van der Waals surface area contributed by atoms with E-state index < -0.39 is 0 Å². The molecule has 2 nitrogen and oxygen atoms in total. The number of allylic oxidation sites excluding steroid dienone is 3. The van der Waals surface area contributed by atoms with Crippen LogP contribution in [0.1, 0.15) is 21.5 Å². The number of phenolic OH excluding ortho intramolecular Hbond substituents is 1. The Morgan fingerprint density at radius 3 is 2.55 bits per heavy atom. The second kappa shape index (κ2) is 6.53. The Labute approximate surface area is 118 Å². The maximum absolute atomic E-state index is 11.9. The van der Waals surface area contributed by atoms with Crippen LogP contribution in [-0.4, -0.2) is 10.9 Å². The third kappa shape index (κ3) is 3.69. The molecule has 0 spiro atoms. The highest BCUT2D eigenvalue weighted by Crippen LogP contribution is 2.19. The molecule has 20 heavy (non-hydrogen) atoms. The van der Waals surface area contributed by atoms with E-state index in [9.17, 15) is 9.90 Å². The molecule has 0 saturated heterocycles. The lowest BCUT2D eigenvalue weighted by molar-refractivity contribution is 0.104. The summed E-state index contributed by atoms with van der Waals surface area (Å²) in [7, 11) is 0. The minimum atomic E-state index is -0.205. The van der Waals surface area contributed by atoms with Crippen LogP contribution in [0.5, 0.6) is 5.75 Å². The lowest BCUT2D eigenvalue weighted by Gasteiger charge is -2.01. The van der Waals surface area contributed by atoms with E-state index in [0.29, 0.717) is 5.56 Å². The van der Waals surface area contributed by atoms with Crippen molar-refractivity contribution in [3.8, 4) is 5.75 Å². The van der Waals surface area contributed by atoms with Crippen LogP contribution in [0.3, 0.4) is 0 Å². The number of carbonyl (C=O) groups is 1. The molecule has 2 rings (SSSR count). The largest absolute Gasteiger partial charge is 0.507 e. The van der Waals surface area contributed by atoms with Gasteiger partial charge in [0.25, 0.3) is 0 Å². The van der Waals surface area contributed by atoms with Crippen LogP contribution in [0.2, 0.25) is 0 Å². The average Bonchev–Trinajstić information content (AvgIpc) is 2.47. The SMILES string of the molecule is Cc1ccc(O)c(C(=O)C=CC=Cc2ccccc2)c1. The molecule has 0 aliphatic carbocycles. The molecule has 0 heterocycles. The molecule has 1 N–H and O–H groups in total. The highest BCUT2D eigenvalue weighted by atomic mass is 16.3. The van der Waals surface area contributed by atoms with Gasteiger partial charge >= 0.3 is 0 Å². The Morgan fingerprint density at radius 1 is 1.05 bits per heavy atom. The van der Waals surface area contributed by atoms with Gasteiger partial charge in [0.1, 0.15) is 5.75 Å². The summed E-state index contributed by atoms with van der Waals surface area (Å²) in [5.74, 6) is -0.193. The van der Waals surface area contributed by atoms with Crippen LogP contribution in [0, 0.1) is 6.92 Å². The van der Waals surface area contributed by atoms with E-state index in [0.717, 1.165) is 11.1 Å². The van der Waals surface area contributed by atoms with Crippen molar-refractivity contribution in [2.24, 2.45) is 0 Å². The van der Waals surface area contributed by atoms with Gasteiger partial charge in [-0.05, 0) is 30.7 Å². The minimum Gasteiger partial charge on any atom is -0.507 e. The first-order chi connectivity index (χ1) is 9.66. The molecule has 0 aliphatic heterocycles. The van der Waals surface area contributed by atoms with Gasteiger partial charge in [-0.1, -0.05) is 60.2 Å². The first-order valence-electron chi connectivity index (χ1n) is 6.40. The topological polar surface area (TPSA) is 37.3 Å². The van der Waals surface area contributed by atoms with Crippen LogP contribution in [0.15, 0.2) is 66.8 Å². The van der Waals surface area contributed by atoms with Crippen molar-refractivity contribution in [3.63, 3.8) is 0 Å². The number of ketones is 1. The summed E-state index contributed by atoms with van der Waals surface area (Å²) in [5, 5.41) is 9.67. The van der Waals surface area contributed by atoms with Gasteiger partial charge in [-0.15, -0.1) is 0 Å². The quantitative estimate of drug-likeness (QED) is 0.511. The van der Waals surface area contributed by atoms with Gasteiger partial charge in [-0.25, -0.2) is 0 Å². The van der Waals surface area contributed by atoms with Gasteiger partial charge < -0.3 is 5.11 Å². The fourth-order valence-corrected chi connectivity index (χ4v) is 1.81. The van der Waals surface area contributed by atoms with Crippen LogP contribution >= 0.6 is 0 Å². The van der Waals surface area contributed by atoms with E-state index >= 15 is 0 Å². The molecule has 0 amide bonds. The summed E-state index contributed by atoms with van der Waals surface area (Å²) >= 11 is 0. The molecule has 0 aliphatic rings. The third-order valence-electron chi connectivity index (χ3n) is 2.86. The number of hydrogen-bond acceptors (Lipinski definition) is 2. The van der Waals surface area contributed by atoms with Crippen LogP contribution in [-0.2, 0) is 0 Å². The molecule has 0 atom stereocenters. The predicted molar refractivity (Wildman–Crippen MR) is 81.8 cm³/mol. The van der Waals surface area contributed by atoms with Crippen LogP contribution in [0.25, 0.3) is 6.08 Å². The maximum atomic E-state index is 11.9. The summed E-state index contributed by atoms with van der Waals surface area (Å²) < 4.78 is 0. The monoisotopic (exact) mass is 264 g/mol. The summed E-state index contributed by atoms with van der Waals surface area (Å²) in [6.45, 7) is 1.88. The molecule has 2 aromatic rings. The number of phenols is 1. The Balaban J connectivity index is 2.06. The highest BCUT2D eigenvalue weighted by molar-refractivity contribution is 6.06. The van der Waals surface area contributed by atoms with Gasteiger partial charge in [-0.2, -0.15) is 0 Å². The second-order valence-electron chi connectivity index (χ2n) is 4.51. The normalized spacial score (nSPS) is 11.2. The van der Waals surface area contributed by atoms with Crippen LogP contribution < -0.4 is 0 Å². The fourth-order valence-electron chi connectivity index (χ4n) is 1.81. The smallest absolute Gasteiger partial charge is 0.189 e. The Kier molecular flexibility index (Phi) is 4.51. The molecule has 0 radical (unpaired) electrons. The second-order valence-corrected chi connectivity index (χ2v) is 4.51. The minimum absolute atomic E-state index is 0.0114. The van der Waals surface area contributed by atoms with E-state index in [-0.39, 0.29) is 11.5 Å². The molecule has 0 bridgehead atoms. The highest BCUT2D eigenvalue weighted by Gasteiger charge is 2.07. The van der Waals surface area contributed by atoms with E-state index in [2.05, 4.69) is 0 Å². The summed E-state index contributed by atoms with van der Waals surface area (Å²) in [6.07, 6.45) is 6.85. The Hall–Kier alpha value is -2.61. The molecule has 0 unspecified atom stereocenters. The van der Waals surface area contributed by atoms with E-state index in [1.54, 1.807) is 24.3 Å². The van der Waals surface area contributed by atoms with E-state index in [1.165, 1.54) is 12.1 Å². The Morgan fingerprint density at radius 2 is 1.80 bits per heavy atom. The van der Waals surface area contributed by atoms with Crippen molar-refractivity contribution in [3.05, 3.63) is 83.4 Å². The summed E-state index contributed by atoms with van der Waals surface area (Å²) in [4.78, 5) is 11.9.